The molecule has 0 bridgehead atoms. The van der Waals surface area contributed by atoms with Crippen molar-refractivity contribution in [3.05, 3.63) is 47.4 Å². The molecule has 0 saturated heterocycles. The summed E-state index contributed by atoms with van der Waals surface area (Å²) in [5, 5.41) is 13.1. The van der Waals surface area contributed by atoms with E-state index >= 15 is 0 Å². The van der Waals surface area contributed by atoms with Crippen molar-refractivity contribution in [3.63, 3.8) is 0 Å². The number of hydrogen-bond donors (Lipinski definition) is 2. The molecule has 0 aliphatic carbocycles. The number of aromatic hydroxyl groups is 1. The van der Waals surface area contributed by atoms with E-state index in [1.165, 1.54) is 0 Å². The number of hydrogen-bond acceptors (Lipinski definition) is 3. The SMILES string of the molecule is Cc1cc(NC(C)Cc2ccco2)c(C)cc1O. The van der Waals surface area contributed by atoms with Gasteiger partial charge in [0.15, 0.2) is 0 Å². The molecular weight excluding hydrogens is 226 g/mol. The third-order valence-electron chi connectivity index (χ3n) is 3.03. The van der Waals surface area contributed by atoms with Crippen LogP contribution in [0.1, 0.15) is 23.8 Å². The monoisotopic (exact) mass is 245 g/mol. The molecule has 96 valence electrons. The normalized spacial score (nSPS) is 12.4. The molecule has 0 saturated carbocycles. The van der Waals surface area contributed by atoms with Crippen LogP contribution in [0.15, 0.2) is 34.9 Å². The van der Waals surface area contributed by atoms with Gasteiger partial charge in [-0.3, -0.25) is 0 Å². The highest BCUT2D eigenvalue weighted by atomic mass is 16.3. The summed E-state index contributed by atoms with van der Waals surface area (Å²) in [6, 6.07) is 7.92. The van der Waals surface area contributed by atoms with E-state index in [0.29, 0.717) is 5.75 Å². The summed E-state index contributed by atoms with van der Waals surface area (Å²) in [5.41, 5.74) is 2.99. The smallest absolute Gasteiger partial charge is 0.118 e. The highest BCUT2D eigenvalue weighted by Gasteiger charge is 2.09. The van der Waals surface area contributed by atoms with Crippen molar-refractivity contribution < 1.29 is 9.52 Å². The predicted molar refractivity (Wildman–Crippen MR) is 73.1 cm³/mol. The van der Waals surface area contributed by atoms with Crippen molar-refractivity contribution in [3.8, 4) is 5.75 Å². The Bertz CT molecular complexity index is 518. The highest BCUT2D eigenvalue weighted by Crippen LogP contribution is 2.25. The number of aryl methyl sites for hydroxylation is 2. The van der Waals surface area contributed by atoms with Gasteiger partial charge in [0.1, 0.15) is 11.5 Å². The van der Waals surface area contributed by atoms with Gasteiger partial charge in [-0.2, -0.15) is 0 Å². The van der Waals surface area contributed by atoms with Crippen LogP contribution in [0.4, 0.5) is 5.69 Å². The molecule has 0 spiro atoms. The van der Waals surface area contributed by atoms with Gasteiger partial charge in [-0.25, -0.2) is 0 Å². The van der Waals surface area contributed by atoms with Gasteiger partial charge in [-0.05, 0) is 56.2 Å². The standard InChI is InChI=1S/C15H19NO2/c1-10-8-15(17)11(2)7-14(10)16-12(3)9-13-5-4-6-18-13/h4-8,12,16-17H,9H2,1-3H3. The third kappa shape index (κ3) is 2.86. The van der Waals surface area contributed by atoms with Crippen LogP contribution in [0.2, 0.25) is 0 Å². The Morgan fingerprint density at radius 3 is 2.72 bits per heavy atom. The number of phenols is 1. The van der Waals surface area contributed by atoms with Crippen LogP contribution in [-0.2, 0) is 6.42 Å². The summed E-state index contributed by atoms with van der Waals surface area (Å²) in [6.07, 6.45) is 2.53. The Kier molecular flexibility index (Phi) is 3.60. The van der Waals surface area contributed by atoms with Gasteiger partial charge in [0.2, 0.25) is 0 Å². The molecule has 0 aliphatic rings. The summed E-state index contributed by atoms with van der Waals surface area (Å²) >= 11 is 0. The number of nitrogens with one attached hydrogen (secondary N) is 1. The summed E-state index contributed by atoms with van der Waals surface area (Å²) in [5.74, 6) is 1.32. The van der Waals surface area contributed by atoms with Gasteiger partial charge in [0, 0.05) is 18.2 Å². The lowest BCUT2D eigenvalue weighted by Gasteiger charge is -2.17. The average molecular weight is 245 g/mol. The van der Waals surface area contributed by atoms with Crippen molar-refractivity contribution in [1.82, 2.24) is 0 Å². The molecule has 1 unspecified atom stereocenters. The summed E-state index contributed by atoms with van der Waals surface area (Å²) < 4.78 is 5.33. The lowest BCUT2D eigenvalue weighted by Crippen LogP contribution is -2.18. The Labute approximate surface area is 107 Å². The molecule has 3 heteroatoms. The van der Waals surface area contributed by atoms with Crippen LogP contribution in [0.3, 0.4) is 0 Å². The molecule has 1 heterocycles. The fourth-order valence-corrected chi connectivity index (χ4v) is 2.00. The van der Waals surface area contributed by atoms with E-state index in [1.54, 1.807) is 12.3 Å². The number of furan rings is 1. The maximum atomic E-state index is 9.62. The van der Waals surface area contributed by atoms with Crippen molar-refractivity contribution in [2.45, 2.75) is 33.2 Å². The predicted octanol–water partition coefficient (Wildman–Crippen LogP) is 3.65. The van der Waals surface area contributed by atoms with Gasteiger partial charge in [0.25, 0.3) is 0 Å². The van der Waals surface area contributed by atoms with E-state index in [9.17, 15) is 5.11 Å². The Morgan fingerprint density at radius 1 is 1.28 bits per heavy atom. The molecule has 3 nitrogen and oxygen atoms in total. The molecule has 0 amide bonds. The number of rotatable bonds is 4. The van der Waals surface area contributed by atoms with Crippen LogP contribution >= 0.6 is 0 Å². The molecule has 1 aromatic heterocycles. The second kappa shape index (κ2) is 5.17. The Balaban J connectivity index is 2.07. The van der Waals surface area contributed by atoms with Crippen LogP contribution in [0.25, 0.3) is 0 Å². The maximum Gasteiger partial charge on any atom is 0.118 e. The van der Waals surface area contributed by atoms with Gasteiger partial charge >= 0.3 is 0 Å². The largest absolute Gasteiger partial charge is 0.508 e. The average Bonchev–Trinajstić information content (AvgIpc) is 2.78. The number of anilines is 1. The van der Waals surface area contributed by atoms with Gasteiger partial charge in [-0.15, -0.1) is 0 Å². The van der Waals surface area contributed by atoms with E-state index in [-0.39, 0.29) is 6.04 Å². The fourth-order valence-electron chi connectivity index (χ4n) is 2.00. The summed E-state index contributed by atoms with van der Waals surface area (Å²) in [6.45, 7) is 6.00. The quantitative estimate of drug-likeness (QED) is 0.808. The van der Waals surface area contributed by atoms with Crippen molar-refractivity contribution in [2.24, 2.45) is 0 Å². The van der Waals surface area contributed by atoms with Crippen molar-refractivity contribution in [1.29, 1.82) is 0 Å². The van der Waals surface area contributed by atoms with E-state index in [0.717, 1.165) is 29.0 Å². The third-order valence-corrected chi connectivity index (χ3v) is 3.03. The minimum Gasteiger partial charge on any atom is -0.508 e. The molecule has 18 heavy (non-hydrogen) atoms. The zero-order valence-electron chi connectivity index (χ0n) is 11.0. The second-order valence-electron chi connectivity index (χ2n) is 4.78. The number of benzene rings is 1. The molecule has 2 N–H and O–H groups in total. The van der Waals surface area contributed by atoms with Crippen LogP contribution in [0, 0.1) is 13.8 Å². The lowest BCUT2D eigenvalue weighted by molar-refractivity contribution is 0.470. The maximum absolute atomic E-state index is 9.62. The van der Waals surface area contributed by atoms with E-state index < -0.39 is 0 Å². The first-order valence-corrected chi connectivity index (χ1v) is 6.15. The first kappa shape index (κ1) is 12.6. The highest BCUT2D eigenvalue weighted by molar-refractivity contribution is 5.57. The molecule has 2 rings (SSSR count). The van der Waals surface area contributed by atoms with Gasteiger partial charge in [0.05, 0.1) is 6.26 Å². The second-order valence-corrected chi connectivity index (χ2v) is 4.78. The van der Waals surface area contributed by atoms with Crippen molar-refractivity contribution in [2.75, 3.05) is 5.32 Å². The zero-order chi connectivity index (χ0) is 13.1. The van der Waals surface area contributed by atoms with E-state index in [1.807, 2.05) is 32.0 Å². The fraction of sp³-hybridized carbons (Fsp3) is 0.333. The summed E-state index contributed by atoms with van der Waals surface area (Å²) in [7, 11) is 0. The van der Waals surface area contributed by atoms with E-state index in [2.05, 4.69) is 12.2 Å². The van der Waals surface area contributed by atoms with Crippen LogP contribution < -0.4 is 5.32 Å². The molecule has 1 aromatic carbocycles. The van der Waals surface area contributed by atoms with E-state index in [4.69, 9.17) is 4.42 Å². The minimum absolute atomic E-state index is 0.277. The number of phenolic OH excluding ortho intramolecular Hbond substituents is 1. The Hall–Kier alpha value is -1.90. The molecule has 0 fully saturated rings. The molecule has 0 aliphatic heterocycles. The first-order valence-electron chi connectivity index (χ1n) is 6.15. The first-order chi connectivity index (χ1) is 8.56. The zero-order valence-corrected chi connectivity index (χ0v) is 11.0. The van der Waals surface area contributed by atoms with Crippen molar-refractivity contribution >= 4 is 5.69 Å². The van der Waals surface area contributed by atoms with Gasteiger partial charge in [-0.1, -0.05) is 0 Å². The molecule has 2 aromatic rings. The van der Waals surface area contributed by atoms with Crippen LogP contribution in [0.5, 0.6) is 5.75 Å². The van der Waals surface area contributed by atoms with Gasteiger partial charge < -0.3 is 14.8 Å². The molecular formula is C15H19NO2. The summed E-state index contributed by atoms with van der Waals surface area (Å²) in [4.78, 5) is 0. The van der Waals surface area contributed by atoms with Crippen LogP contribution in [-0.4, -0.2) is 11.1 Å². The Morgan fingerprint density at radius 2 is 2.06 bits per heavy atom. The minimum atomic E-state index is 0.277. The lowest BCUT2D eigenvalue weighted by atomic mass is 10.1. The molecule has 0 radical (unpaired) electrons. The molecule has 1 atom stereocenters. The topological polar surface area (TPSA) is 45.4 Å².